The van der Waals surface area contributed by atoms with E-state index in [4.69, 9.17) is 4.74 Å². The second-order valence-corrected chi connectivity index (χ2v) is 10.7. The van der Waals surface area contributed by atoms with Crippen molar-refractivity contribution in [2.75, 3.05) is 31.6 Å². The Balaban J connectivity index is 1.47. The quantitative estimate of drug-likeness (QED) is 0.369. The number of aryl methyl sites for hydroxylation is 1. The molecular formula is C27H26N4O6S. The van der Waals surface area contributed by atoms with Gasteiger partial charge in [-0.1, -0.05) is 12.1 Å². The average molecular weight is 535 g/mol. The number of carboxylic acids is 1. The lowest BCUT2D eigenvalue weighted by atomic mass is 10.0. The SMILES string of the molecule is O=C(O)CCc1cn(S(=O)(=O)c2ccc(NC(=O)N3CCOCC3)cc2)c2ccc(-c3cccnc3)cc12. The Labute approximate surface area is 219 Å². The molecule has 5 rings (SSSR count). The largest absolute Gasteiger partial charge is 0.481 e. The summed E-state index contributed by atoms with van der Waals surface area (Å²) in [4.78, 5) is 29.5. The molecule has 196 valence electrons. The molecule has 38 heavy (non-hydrogen) atoms. The molecule has 11 heteroatoms. The molecule has 2 aromatic heterocycles. The van der Waals surface area contributed by atoms with Crippen LogP contribution in [0.2, 0.25) is 0 Å². The summed E-state index contributed by atoms with van der Waals surface area (Å²) in [6, 6.07) is 14.8. The monoisotopic (exact) mass is 534 g/mol. The predicted molar refractivity (Wildman–Crippen MR) is 142 cm³/mol. The molecular weight excluding hydrogens is 508 g/mol. The van der Waals surface area contributed by atoms with E-state index in [0.29, 0.717) is 48.5 Å². The number of nitrogens with one attached hydrogen (secondary N) is 1. The van der Waals surface area contributed by atoms with Gasteiger partial charge < -0.3 is 20.1 Å². The number of anilines is 1. The number of amides is 2. The number of benzene rings is 2. The number of hydrogen-bond donors (Lipinski definition) is 2. The maximum atomic E-state index is 13.7. The van der Waals surface area contributed by atoms with Crippen molar-refractivity contribution in [2.24, 2.45) is 0 Å². The van der Waals surface area contributed by atoms with Gasteiger partial charge in [0.15, 0.2) is 0 Å². The van der Waals surface area contributed by atoms with Crippen LogP contribution < -0.4 is 5.32 Å². The highest BCUT2D eigenvalue weighted by molar-refractivity contribution is 7.90. The van der Waals surface area contributed by atoms with E-state index in [9.17, 15) is 23.1 Å². The first kappa shape index (κ1) is 25.4. The number of carbonyl (C=O) groups is 2. The summed E-state index contributed by atoms with van der Waals surface area (Å²) in [6.07, 6.45) is 4.92. The summed E-state index contributed by atoms with van der Waals surface area (Å²) in [7, 11) is -4.01. The molecule has 1 aliphatic rings. The summed E-state index contributed by atoms with van der Waals surface area (Å²) >= 11 is 0. The fourth-order valence-electron chi connectivity index (χ4n) is 4.41. The Morgan fingerprint density at radius 1 is 1.03 bits per heavy atom. The molecule has 1 saturated heterocycles. The van der Waals surface area contributed by atoms with Gasteiger partial charge in [-0.05, 0) is 60.0 Å². The number of aliphatic carboxylic acids is 1. The molecule has 0 unspecified atom stereocenters. The third kappa shape index (κ3) is 5.24. The van der Waals surface area contributed by atoms with Crippen molar-refractivity contribution in [2.45, 2.75) is 17.7 Å². The predicted octanol–water partition coefficient (Wildman–Crippen LogP) is 3.82. The van der Waals surface area contributed by atoms with Crippen LogP contribution in [0.1, 0.15) is 12.0 Å². The highest BCUT2D eigenvalue weighted by Crippen LogP contribution is 2.31. The van der Waals surface area contributed by atoms with Crippen LogP contribution in [0.4, 0.5) is 10.5 Å². The number of fused-ring (bicyclic) bond motifs is 1. The number of pyridine rings is 1. The third-order valence-corrected chi connectivity index (χ3v) is 8.10. The number of morpholine rings is 1. The molecule has 0 saturated carbocycles. The molecule has 2 amide bonds. The highest BCUT2D eigenvalue weighted by atomic mass is 32.2. The van der Waals surface area contributed by atoms with E-state index in [0.717, 1.165) is 11.1 Å². The van der Waals surface area contributed by atoms with E-state index in [2.05, 4.69) is 10.3 Å². The first-order valence-electron chi connectivity index (χ1n) is 12.1. The van der Waals surface area contributed by atoms with Gasteiger partial charge >= 0.3 is 12.0 Å². The summed E-state index contributed by atoms with van der Waals surface area (Å²) in [5.41, 5.74) is 3.25. The molecule has 0 radical (unpaired) electrons. The average Bonchev–Trinajstić information content (AvgIpc) is 3.32. The summed E-state index contributed by atoms with van der Waals surface area (Å²) in [5.74, 6) is -0.966. The first-order valence-corrected chi connectivity index (χ1v) is 13.5. The molecule has 0 aliphatic carbocycles. The van der Waals surface area contributed by atoms with E-state index < -0.39 is 16.0 Å². The standard InChI is InChI=1S/C27H26N4O6S/c32-26(33)10-4-21-18-31(25-9-3-19(16-24(21)25)20-2-1-11-28-17-20)38(35,36)23-7-5-22(6-8-23)29-27(34)30-12-14-37-15-13-30/h1-3,5-9,11,16-18H,4,10,12-15H2,(H,29,34)(H,32,33). The molecule has 2 N–H and O–H groups in total. The number of nitrogens with zero attached hydrogens (tertiary/aromatic N) is 3. The minimum Gasteiger partial charge on any atom is -0.481 e. The second-order valence-electron chi connectivity index (χ2n) is 8.88. The van der Waals surface area contributed by atoms with E-state index in [-0.39, 0.29) is 23.8 Å². The van der Waals surface area contributed by atoms with Crippen LogP contribution in [-0.4, -0.2) is 65.7 Å². The van der Waals surface area contributed by atoms with Gasteiger partial charge in [-0.25, -0.2) is 17.2 Å². The van der Waals surface area contributed by atoms with Gasteiger partial charge in [0.1, 0.15) is 0 Å². The Kier molecular flexibility index (Phi) is 7.12. The number of rotatable bonds is 7. The lowest BCUT2D eigenvalue weighted by molar-refractivity contribution is -0.136. The van der Waals surface area contributed by atoms with Gasteiger partial charge in [0.05, 0.1) is 23.6 Å². The van der Waals surface area contributed by atoms with Crippen LogP contribution in [0.5, 0.6) is 0 Å². The van der Waals surface area contributed by atoms with E-state index >= 15 is 0 Å². The number of ether oxygens (including phenoxy) is 1. The third-order valence-electron chi connectivity index (χ3n) is 6.42. The number of carbonyl (C=O) groups excluding carboxylic acids is 1. The second kappa shape index (κ2) is 10.6. The Morgan fingerprint density at radius 2 is 1.79 bits per heavy atom. The Hall–Kier alpha value is -4.22. The van der Waals surface area contributed by atoms with Crippen molar-refractivity contribution >= 4 is 38.6 Å². The Bertz CT molecular complexity index is 1580. The zero-order valence-electron chi connectivity index (χ0n) is 20.4. The molecule has 2 aromatic carbocycles. The zero-order chi connectivity index (χ0) is 26.7. The van der Waals surface area contributed by atoms with Crippen LogP contribution in [0.25, 0.3) is 22.0 Å². The van der Waals surface area contributed by atoms with Crippen molar-refractivity contribution in [3.8, 4) is 11.1 Å². The maximum absolute atomic E-state index is 13.7. The molecule has 0 bridgehead atoms. The normalized spacial score (nSPS) is 13.9. The topological polar surface area (TPSA) is 131 Å². The molecule has 3 heterocycles. The fraction of sp³-hybridized carbons (Fsp3) is 0.222. The van der Waals surface area contributed by atoms with Gasteiger partial charge in [-0.2, -0.15) is 0 Å². The molecule has 1 fully saturated rings. The molecule has 0 atom stereocenters. The maximum Gasteiger partial charge on any atom is 0.321 e. The van der Waals surface area contributed by atoms with Gasteiger partial charge in [-0.15, -0.1) is 0 Å². The van der Waals surface area contributed by atoms with Gasteiger partial charge in [0, 0.05) is 54.7 Å². The van der Waals surface area contributed by atoms with E-state index in [1.807, 2.05) is 24.3 Å². The summed E-state index contributed by atoms with van der Waals surface area (Å²) in [6.45, 7) is 1.94. The van der Waals surface area contributed by atoms with E-state index in [1.54, 1.807) is 35.5 Å². The zero-order valence-corrected chi connectivity index (χ0v) is 21.2. The van der Waals surface area contributed by atoms with Crippen LogP contribution >= 0.6 is 0 Å². The lowest BCUT2D eigenvalue weighted by Crippen LogP contribution is -2.43. The number of hydrogen-bond acceptors (Lipinski definition) is 6. The van der Waals surface area contributed by atoms with Crippen LogP contribution in [0.15, 0.2) is 78.1 Å². The van der Waals surface area contributed by atoms with E-state index in [1.165, 1.54) is 22.3 Å². The summed E-state index contributed by atoms with van der Waals surface area (Å²) in [5, 5.41) is 12.7. The van der Waals surface area contributed by atoms with Crippen molar-refractivity contribution in [3.63, 3.8) is 0 Å². The number of carboxylic acid groups (broad SMARTS) is 1. The van der Waals surface area contributed by atoms with Crippen molar-refractivity contribution < 1.29 is 27.9 Å². The van der Waals surface area contributed by atoms with Crippen LogP contribution in [0.3, 0.4) is 0 Å². The van der Waals surface area contributed by atoms with Gasteiger partial charge in [-0.3, -0.25) is 9.78 Å². The molecule has 1 aliphatic heterocycles. The number of aromatic nitrogens is 2. The smallest absolute Gasteiger partial charge is 0.321 e. The molecule has 4 aromatic rings. The number of urea groups is 1. The molecule has 0 spiro atoms. The van der Waals surface area contributed by atoms with Crippen molar-refractivity contribution in [1.82, 2.24) is 13.9 Å². The van der Waals surface area contributed by atoms with Crippen LogP contribution in [0, 0.1) is 0 Å². The van der Waals surface area contributed by atoms with Crippen molar-refractivity contribution in [1.29, 1.82) is 0 Å². The van der Waals surface area contributed by atoms with Gasteiger partial charge in [0.25, 0.3) is 10.0 Å². The Morgan fingerprint density at radius 3 is 2.47 bits per heavy atom. The van der Waals surface area contributed by atoms with Gasteiger partial charge in [0.2, 0.25) is 0 Å². The minimum atomic E-state index is -4.01. The summed E-state index contributed by atoms with van der Waals surface area (Å²) < 4.78 is 33.8. The fourth-order valence-corrected chi connectivity index (χ4v) is 5.80. The molecule has 10 nitrogen and oxygen atoms in total. The lowest BCUT2D eigenvalue weighted by Gasteiger charge is -2.26. The first-order chi connectivity index (χ1) is 18.3. The van der Waals surface area contributed by atoms with Crippen LogP contribution in [-0.2, 0) is 26.0 Å². The minimum absolute atomic E-state index is 0.0416. The highest BCUT2D eigenvalue weighted by Gasteiger charge is 2.23. The van der Waals surface area contributed by atoms with Crippen molar-refractivity contribution in [3.05, 3.63) is 78.8 Å².